The van der Waals surface area contributed by atoms with E-state index in [-0.39, 0.29) is 0 Å². The van der Waals surface area contributed by atoms with E-state index in [1.54, 1.807) is 0 Å². The maximum absolute atomic E-state index is 11.2. The first-order valence-electron chi connectivity index (χ1n) is 7.38. The Morgan fingerprint density at radius 3 is 2.86 bits per heavy atom. The molecule has 0 saturated heterocycles. The molecule has 21 heavy (non-hydrogen) atoms. The Morgan fingerprint density at radius 2 is 2.14 bits per heavy atom. The standard InChI is InChI=1S/C15H19N3O2S/c1-9-11-13(16-7-10-5-3-2-4-6-10)17-8-18-14(11)21-12(9)15(19)20/h8,10H,2-7H2,1H3,(H,19,20)(H,16,17,18). The average molecular weight is 305 g/mol. The Balaban J connectivity index is 1.86. The summed E-state index contributed by atoms with van der Waals surface area (Å²) in [4.78, 5) is 20.9. The van der Waals surface area contributed by atoms with Crippen molar-refractivity contribution in [3.8, 4) is 0 Å². The van der Waals surface area contributed by atoms with E-state index in [4.69, 9.17) is 0 Å². The normalized spacial score (nSPS) is 16.2. The minimum atomic E-state index is -0.895. The average Bonchev–Trinajstić information content (AvgIpc) is 2.84. The fraction of sp³-hybridized carbons (Fsp3) is 0.533. The lowest BCUT2D eigenvalue weighted by Gasteiger charge is -2.22. The second kappa shape index (κ2) is 5.97. The van der Waals surface area contributed by atoms with Crippen molar-refractivity contribution in [2.75, 3.05) is 11.9 Å². The SMILES string of the molecule is Cc1c(C(=O)O)sc2ncnc(NCC3CCCCC3)c12. The van der Waals surface area contributed by atoms with E-state index >= 15 is 0 Å². The number of fused-ring (bicyclic) bond motifs is 1. The molecule has 0 radical (unpaired) electrons. The van der Waals surface area contributed by atoms with Crippen molar-refractivity contribution in [2.45, 2.75) is 39.0 Å². The topological polar surface area (TPSA) is 75.1 Å². The summed E-state index contributed by atoms with van der Waals surface area (Å²) in [5.41, 5.74) is 0.759. The number of thiophene rings is 1. The Hall–Kier alpha value is -1.69. The highest BCUT2D eigenvalue weighted by Crippen LogP contribution is 2.33. The number of aromatic nitrogens is 2. The number of aromatic carboxylic acids is 1. The third-order valence-corrected chi connectivity index (χ3v) is 5.39. The van der Waals surface area contributed by atoms with Crippen LogP contribution in [0.1, 0.15) is 47.3 Å². The molecule has 3 rings (SSSR count). The monoisotopic (exact) mass is 305 g/mol. The molecule has 1 aliphatic carbocycles. The summed E-state index contributed by atoms with van der Waals surface area (Å²) in [6.45, 7) is 2.74. The summed E-state index contributed by atoms with van der Waals surface area (Å²) in [6.07, 6.45) is 8.01. The number of carboxylic acids is 1. The molecule has 2 aromatic rings. The highest BCUT2D eigenvalue weighted by molar-refractivity contribution is 7.20. The van der Waals surface area contributed by atoms with Crippen molar-refractivity contribution in [3.05, 3.63) is 16.8 Å². The number of nitrogens with zero attached hydrogens (tertiary/aromatic N) is 2. The Bertz CT molecular complexity index is 662. The number of hydrogen-bond donors (Lipinski definition) is 2. The van der Waals surface area contributed by atoms with Gasteiger partial charge in [0.1, 0.15) is 21.9 Å². The zero-order valence-electron chi connectivity index (χ0n) is 12.1. The summed E-state index contributed by atoms with van der Waals surface area (Å²) < 4.78 is 0. The second-order valence-electron chi connectivity index (χ2n) is 5.65. The third-order valence-electron chi connectivity index (χ3n) is 4.20. The van der Waals surface area contributed by atoms with Crippen molar-refractivity contribution in [3.63, 3.8) is 0 Å². The first-order valence-corrected chi connectivity index (χ1v) is 8.19. The molecule has 2 heterocycles. The van der Waals surface area contributed by atoms with Crippen LogP contribution in [-0.2, 0) is 0 Å². The highest BCUT2D eigenvalue weighted by Gasteiger charge is 2.19. The van der Waals surface area contributed by atoms with Crippen molar-refractivity contribution < 1.29 is 9.90 Å². The number of carboxylic acid groups (broad SMARTS) is 1. The number of carbonyl (C=O) groups is 1. The van der Waals surface area contributed by atoms with E-state index in [1.807, 2.05) is 6.92 Å². The van der Waals surface area contributed by atoms with Gasteiger partial charge in [-0.3, -0.25) is 0 Å². The lowest BCUT2D eigenvalue weighted by molar-refractivity contribution is 0.0701. The number of anilines is 1. The van der Waals surface area contributed by atoms with Crippen LogP contribution in [0.2, 0.25) is 0 Å². The molecule has 2 aromatic heterocycles. The van der Waals surface area contributed by atoms with E-state index in [0.717, 1.165) is 28.1 Å². The lowest BCUT2D eigenvalue weighted by atomic mass is 9.89. The van der Waals surface area contributed by atoms with Crippen LogP contribution in [0.15, 0.2) is 6.33 Å². The number of hydrogen-bond acceptors (Lipinski definition) is 5. The predicted molar refractivity (Wildman–Crippen MR) is 84.2 cm³/mol. The highest BCUT2D eigenvalue weighted by atomic mass is 32.1. The predicted octanol–water partition coefficient (Wildman–Crippen LogP) is 3.69. The van der Waals surface area contributed by atoms with Gasteiger partial charge in [0.25, 0.3) is 0 Å². The van der Waals surface area contributed by atoms with Gasteiger partial charge in [-0.25, -0.2) is 14.8 Å². The largest absolute Gasteiger partial charge is 0.477 e. The number of rotatable bonds is 4. The molecule has 0 spiro atoms. The van der Waals surface area contributed by atoms with E-state index < -0.39 is 5.97 Å². The molecular weight excluding hydrogens is 286 g/mol. The van der Waals surface area contributed by atoms with E-state index in [0.29, 0.717) is 10.8 Å². The first kappa shape index (κ1) is 14.3. The van der Waals surface area contributed by atoms with Gasteiger partial charge in [0.05, 0.1) is 5.39 Å². The minimum absolute atomic E-state index is 0.353. The summed E-state index contributed by atoms with van der Waals surface area (Å²) in [6, 6.07) is 0. The zero-order valence-corrected chi connectivity index (χ0v) is 12.9. The van der Waals surface area contributed by atoms with Crippen molar-refractivity contribution in [1.29, 1.82) is 0 Å². The molecule has 1 aliphatic rings. The van der Waals surface area contributed by atoms with E-state index in [1.165, 1.54) is 49.8 Å². The van der Waals surface area contributed by atoms with E-state index in [2.05, 4.69) is 15.3 Å². The van der Waals surface area contributed by atoms with Crippen molar-refractivity contribution >= 4 is 33.3 Å². The molecule has 2 N–H and O–H groups in total. The van der Waals surface area contributed by atoms with Gasteiger partial charge in [-0.2, -0.15) is 0 Å². The van der Waals surface area contributed by atoms with Crippen molar-refractivity contribution in [1.82, 2.24) is 9.97 Å². The summed E-state index contributed by atoms with van der Waals surface area (Å²) in [5.74, 6) is 0.571. The van der Waals surface area contributed by atoms with Gasteiger partial charge >= 0.3 is 5.97 Å². The molecule has 0 aromatic carbocycles. The summed E-state index contributed by atoms with van der Waals surface area (Å²) in [5, 5.41) is 13.5. The number of aryl methyl sites for hydroxylation is 1. The molecule has 0 unspecified atom stereocenters. The van der Waals surface area contributed by atoms with Crippen LogP contribution in [0.25, 0.3) is 10.2 Å². The molecule has 6 heteroatoms. The van der Waals surface area contributed by atoms with Crippen molar-refractivity contribution in [2.24, 2.45) is 5.92 Å². The van der Waals surface area contributed by atoms with Gasteiger partial charge in [0, 0.05) is 6.54 Å². The van der Waals surface area contributed by atoms with Gasteiger partial charge in [-0.15, -0.1) is 11.3 Å². The van der Waals surface area contributed by atoms with Gasteiger partial charge in [-0.05, 0) is 31.2 Å². The molecule has 1 saturated carbocycles. The van der Waals surface area contributed by atoms with Gasteiger partial charge in [0.15, 0.2) is 0 Å². The lowest BCUT2D eigenvalue weighted by Crippen LogP contribution is -2.17. The molecule has 0 bridgehead atoms. The second-order valence-corrected chi connectivity index (χ2v) is 6.65. The van der Waals surface area contributed by atoms with Gasteiger partial charge < -0.3 is 10.4 Å². The van der Waals surface area contributed by atoms with Gasteiger partial charge in [0.2, 0.25) is 0 Å². The van der Waals surface area contributed by atoms with Crippen LogP contribution in [0, 0.1) is 12.8 Å². The number of nitrogens with one attached hydrogen (secondary N) is 1. The molecule has 112 valence electrons. The maximum Gasteiger partial charge on any atom is 0.346 e. The fourth-order valence-corrected chi connectivity index (χ4v) is 4.03. The first-order chi connectivity index (χ1) is 10.2. The Labute approximate surface area is 127 Å². The molecule has 0 amide bonds. The molecule has 0 atom stereocenters. The van der Waals surface area contributed by atoms with Crippen LogP contribution >= 0.6 is 11.3 Å². The Morgan fingerprint density at radius 1 is 1.38 bits per heavy atom. The zero-order chi connectivity index (χ0) is 14.8. The van der Waals surface area contributed by atoms with Crippen LogP contribution < -0.4 is 5.32 Å². The Kier molecular flexibility index (Phi) is 4.05. The van der Waals surface area contributed by atoms with Crippen LogP contribution in [0.3, 0.4) is 0 Å². The van der Waals surface area contributed by atoms with Crippen LogP contribution in [0.5, 0.6) is 0 Å². The minimum Gasteiger partial charge on any atom is -0.477 e. The smallest absolute Gasteiger partial charge is 0.346 e. The van der Waals surface area contributed by atoms with Gasteiger partial charge in [-0.1, -0.05) is 19.3 Å². The molecule has 5 nitrogen and oxygen atoms in total. The van der Waals surface area contributed by atoms with Crippen LogP contribution in [-0.4, -0.2) is 27.6 Å². The molecule has 0 aliphatic heterocycles. The summed E-state index contributed by atoms with van der Waals surface area (Å²) >= 11 is 1.22. The van der Waals surface area contributed by atoms with E-state index in [9.17, 15) is 9.90 Å². The fourth-order valence-electron chi connectivity index (χ4n) is 3.04. The molecular formula is C15H19N3O2S. The molecule has 1 fully saturated rings. The third kappa shape index (κ3) is 2.85. The maximum atomic E-state index is 11.2. The van der Waals surface area contributed by atoms with Crippen LogP contribution in [0.4, 0.5) is 5.82 Å². The summed E-state index contributed by atoms with van der Waals surface area (Å²) in [7, 11) is 0. The quantitative estimate of drug-likeness (QED) is 0.901.